The van der Waals surface area contributed by atoms with Crippen molar-refractivity contribution < 1.29 is 32.7 Å². The highest BCUT2D eigenvalue weighted by Crippen LogP contribution is 2.47. The van der Waals surface area contributed by atoms with Crippen molar-refractivity contribution in [3.05, 3.63) is 68.9 Å². The number of pyridine rings is 1. The quantitative estimate of drug-likeness (QED) is 0.670. The number of nitrogens with two attached hydrogens (primary N) is 1. The lowest BCUT2D eigenvalue weighted by molar-refractivity contribution is -0.249. The summed E-state index contributed by atoms with van der Waals surface area (Å²) in [5.74, 6) is -4.63. The van der Waals surface area contributed by atoms with Gasteiger partial charge in [-0.15, -0.1) is 0 Å². The first-order chi connectivity index (χ1) is 16.5. The van der Waals surface area contributed by atoms with Crippen LogP contribution in [-0.4, -0.2) is 55.9 Å². The number of aromatic nitrogens is 1. The van der Waals surface area contributed by atoms with Crippen molar-refractivity contribution in [3.8, 4) is 0 Å². The van der Waals surface area contributed by atoms with E-state index in [4.69, 9.17) is 10.6 Å². The van der Waals surface area contributed by atoms with Crippen LogP contribution < -0.4 is 11.2 Å². The SMILES string of the molecule is CC1CCC2(CC(O)N(Cc3c(F)cc(F)cc3F)O2)C2CN1C(=O)c1cc(=O)c(C(N)=O)cn12. The van der Waals surface area contributed by atoms with Gasteiger partial charge in [0.05, 0.1) is 12.6 Å². The third-order valence-corrected chi connectivity index (χ3v) is 7.23. The Kier molecular flexibility index (Phi) is 5.49. The highest BCUT2D eigenvalue weighted by Gasteiger charge is 2.55. The van der Waals surface area contributed by atoms with Gasteiger partial charge in [-0.1, -0.05) is 0 Å². The van der Waals surface area contributed by atoms with Gasteiger partial charge in [0.1, 0.15) is 40.5 Å². The van der Waals surface area contributed by atoms with Gasteiger partial charge >= 0.3 is 0 Å². The highest BCUT2D eigenvalue weighted by molar-refractivity contribution is 5.96. The van der Waals surface area contributed by atoms with Crippen molar-refractivity contribution in [2.24, 2.45) is 5.73 Å². The summed E-state index contributed by atoms with van der Waals surface area (Å²) in [6.07, 6.45) is 0.840. The maximum Gasteiger partial charge on any atom is 0.270 e. The van der Waals surface area contributed by atoms with Gasteiger partial charge in [0, 0.05) is 49.0 Å². The standard InChI is InChI=1S/C23H23F3N4O5/c1-11-2-3-23(7-20(32)30(35-23)9-13-15(25)4-12(24)5-16(13)26)19-10-28(11)22(34)17-6-18(31)14(21(27)33)8-29(17)19/h4-6,8,11,19-20,32H,2-3,7,9-10H2,1H3,(H2,27,33). The molecule has 4 heterocycles. The molecule has 0 aliphatic carbocycles. The fraction of sp³-hybridized carbons (Fsp3) is 0.435. The molecule has 3 aliphatic heterocycles. The Hall–Kier alpha value is -3.22. The Morgan fingerprint density at radius 2 is 1.91 bits per heavy atom. The molecule has 4 unspecified atom stereocenters. The fourth-order valence-electron chi connectivity index (χ4n) is 5.35. The molecule has 1 spiro atoms. The van der Waals surface area contributed by atoms with Crippen LogP contribution in [0.5, 0.6) is 0 Å². The van der Waals surface area contributed by atoms with Crippen molar-refractivity contribution in [3.63, 3.8) is 0 Å². The van der Waals surface area contributed by atoms with Gasteiger partial charge in [0.2, 0.25) is 0 Å². The molecule has 0 radical (unpaired) electrons. The van der Waals surface area contributed by atoms with Crippen LogP contribution in [0.3, 0.4) is 0 Å². The second kappa shape index (κ2) is 8.18. The number of rotatable bonds is 3. The predicted octanol–water partition coefficient (Wildman–Crippen LogP) is 1.44. The topological polar surface area (TPSA) is 118 Å². The van der Waals surface area contributed by atoms with Crippen LogP contribution in [0.15, 0.2) is 29.2 Å². The van der Waals surface area contributed by atoms with E-state index in [1.54, 1.807) is 4.90 Å². The van der Waals surface area contributed by atoms with Crippen LogP contribution in [0.2, 0.25) is 0 Å². The van der Waals surface area contributed by atoms with Crippen LogP contribution >= 0.6 is 0 Å². The van der Waals surface area contributed by atoms with Gasteiger partial charge < -0.3 is 20.3 Å². The van der Waals surface area contributed by atoms with E-state index >= 15 is 0 Å². The van der Waals surface area contributed by atoms with E-state index in [0.717, 1.165) is 11.1 Å². The lowest BCUT2D eigenvalue weighted by Gasteiger charge is -2.42. The zero-order valence-electron chi connectivity index (χ0n) is 18.7. The summed E-state index contributed by atoms with van der Waals surface area (Å²) in [6, 6.07) is 1.31. The number of halogens is 3. The summed E-state index contributed by atoms with van der Waals surface area (Å²) >= 11 is 0. The molecule has 35 heavy (non-hydrogen) atoms. The summed E-state index contributed by atoms with van der Waals surface area (Å²) in [5, 5.41) is 11.8. The van der Waals surface area contributed by atoms with Crippen molar-refractivity contribution in [1.82, 2.24) is 14.5 Å². The molecule has 1 aromatic heterocycles. The lowest BCUT2D eigenvalue weighted by atomic mass is 9.85. The van der Waals surface area contributed by atoms with Gasteiger partial charge in [-0.2, -0.15) is 5.06 Å². The molecule has 2 fully saturated rings. The average Bonchev–Trinajstić information content (AvgIpc) is 3.04. The average molecular weight is 492 g/mol. The number of hydrogen-bond acceptors (Lipinski definition) is 6. The second-order valence-corrected chi connectivity index (χ2v) is 9.33. The zero-order valence-corrected chi connectivity index (χ0v) is 18.7. The number of fused-ring (bicyclic) bond motifs is 5. The van der Waals surface area contributed by atoms with Crippen LogP contribution in [0.4, 0.5) is 13.2 Å². The second-order valence-electron chi connectivity index (χ2n) is 9.33. The zero-order chi connectivity index (χ0) is 25.2. The molecule has 1 aromatic carbocycles. The first-order valence-electron chi connectivity index (χ1n) is 11.1. The number of aliphatic hydroxyl groups excluding tert-OH is 1. The summed E-state index contributed by atoms with van der Waals surface area (Å²) in [7, 11) is 0. The Labute approximate surface area is 197 Å². The molecule has 3 N–H and O–H groups in total. The number of hydrogen-bond donors (Lipinski definition) is 2. The summed E-state index contributed by atoms with van der Waals surface area (Å²) in [4.78, 5) is 45.2. The van der Waals surface area contributed by atoms with Crippen LogP contribution in [-0.2, 0) is 11.4 Å². The molecule has 3 aliphatic rings. The van der Waals surface area contributed by atoms with E-state index in [2.05, 4.69) is 0 Å². The maximum absolute atomic E-state index is 14.3. The van der Waals surface area contributed by atoms with Crippen molar-refractivity contribution in [2.45, 2.75) is 56.6 Å². The van der Waals surface area contributed by atoms with E-state index in [0.29, 0.717) is 25.0 Å². The Bertz CT molecular complexity index is 1280. The molecule has 0 saturated carbocycles. The summed E-state index contributed by atoms with van der Waals surface area (Å²) in [5.41, 5.74) is 2.82. The van der Waals surface area contributed by atoms with E-state index in [-0.39, 0.29) is 36.2 Å². The fourth-order valence-corrected chi connectivity index (χ4v) is 5.35. The predicted molar refractivity (Wildman–Crippen MR) is 114 cm³/mol. The number of carbonyl (C=O) groups excluding carboxylic acids is 2. The number of primary amides is 1. The van der Waals surface area contributed by atoms with E-state index < -0.39 is 58.8 Å². The van der Waals surface area contributed by atoms with Gasteiger partial charge in [-0.3, -0.25) is 19.2 Å². The Balaban J connectivity index is 1.57. The smallest absolute Gasteiger partial charge is 0.270 e. The Morgan fingerprint density at radius 1 is 1.23 bits per heavy atom. The molecule has 186 valence electrons. The Morgan fingerprint density at radius 3 is 2.57 bits per heavy atom. The van der Waals surface area contributed by atoms with Gasteiger partial charge in [-0.05, 0) is 19.8 Å². The minimum Gasteiger partial charge on any atom is -0.376 e. The number of aliphatic hydroxyl groups is 1. The number of hydroxylamine groups is 2. The van der Waals surface area contributed by atoms with Gasteiger partial charge in [0.15, 0.2) is 5.43 Å². The monoisotopic (exact) mass is 492 g/mol. The molecule has 2 aromatic rings. The van der Waals surface area contributed by atoms with Crippen molar-refractivity contribution >= 4 is 11.8 Å². The summed E-state index contributed by atoms with van der Waals surface area (Å²) < 4.78 is 43.4. The van der Waals surface area contributed by atoms with Gasteiger partial charge in [0.25, 0.3) is 11.8 Å². The molecule has 2 amide bonds. The molecular weight excluding hydrogens is 469 g/mol. The maximum atomic E-state index is 14.3. The third kappa shape index (κ3) is 3.72. The van der Waals surface area contributed by atoms with Crippen LogP contribution in [0, 0.1) is 17.5 Å². The number of amides is 2. The molecule has 2 bridgehead atoms. The molecule has 9 nitrogen and oxygen atoms in total. The highest BCUT2D eigenvalue weighted by atomic mass is 19.1. The van der Waals surface area contributed by atoms with Crippen molar-refractivity contribution in [2.75, 3.05) is 6.54 Å². The van der Waals surface area contributed by atoms with E-state index in [1.165, 1.54) is 10.8 Å². The molecule has 5 rings (SSSR count). The molecule has 12 heteroatoms. The van der Waals surface area contributed by atoms with E-state index in [9.17, 15) is 32.7 Å². The number of carbonyl (C=O) groups is 2. The van der Waals surface area contributed by atoms with Crippen LogP contribution in [0.1, 0.15) is 58.6 Å². The van der Waals surface area contributed by atoms with Crippen LogP contribution in [0.25, 0.3) is 0 Å². The first kappa shape index (κ1) is 23.5. The normalized spacial score (nSPS) is 28.3. The minimum atomic E-state index is -1.27. The first-order valence-corrected chi connectivity index (χ1v) is 11.1. The van der Waals surface area contributed by atoms with Crippen molar-refractivity contribution in [1.29, 1.82) is 0 Å². The molecular formula is C23H23F3N4O5. The third-order valence-electron chi connectivity index (χ3n) is 7.23. The lowest BCUT2D eigenvalue weighted by Crippen LogP contribution is -2.52. The number of benzene rings is 1. The number of nitrogens with zero attached hydrogens (tertiary/aromatic N) is 3. The molecule has 2 saturated heterocycles. The van der Waals surface area contributed by atoms with Gasteiger partial charge in [-0.25, -0.2) is 13.2 Å². The molecule has 4 atom stereocenters. The minimum absolute atomic E-state index is 0.0221. The van der Waals surface area contributed by atoms with E-state index in [1.807, 2.05) is 6.92 Å². The summed E-state index contributed by atoms with van der Waals surface area (Å²) in [6.45, 7) is 1.52. The largest absolute Gasteiger partial charge is 0.376 e.